The van der Waals surface area contributed by atoms with Crippen LogP contribution >= 0.6 is 0 Å². The summed E-state index contributed by atoms with van der Waals surface area (Å²) in [7, 11) is -3.78. The minimum absolute atomic E-state index is 0.0350. The third-order valence-electron chi connectivity index (χ3n) is 7.58. The molecule has 0 amide bonds. The Bertz CT molecular complexity index is 1450. The molecular formula is C30H38FNO5S. The Morgan fingerprint density at radius 3 is 2.32 bits per heavy atom. The Balaban J connectivity index is 2.18. The van der Waals surface area contributed by atoms with Crippen LogP contribution in [0.3, 0.4) is 0 Å². The van der Waals surface area contributed by atoms with Gasteiger partial charge in [0.05, 0.1) is 24.1 Å². The monoisotopic (exact) mass is 543 g/mol. The van der Waals surface area contributed by atoms with Crippen molar-refractivity contribution in [1.29, 1.82) is 0 Å². The van der Waals surface area contributed by atoms with E-state index in [1.807, 2.05) is 6.92 Å². The van der Waals surface area contributed by atoms with Crippen LogP contribution in [0.25, 0.3) is 16.7 Å². The van der Waals surface area contributed by atoms with E-state index in [1.165, 1.54) is 10.4 Å². The molecule has 6 nitrogen and oxygen atoms in total. The van der Waals surface area contributed by atoms with E-state index < -0.39 is 33.5 Å². The van der Waals surface area contributed by atoms with Gasteiger partial charge >= 0.3 is 5.97 Å². The highest BCUT2D eigenvalue weighted by Gasteiger charge is 2.40. The maximum absolute atomic E-state index is 15.5. The van der Waals surface area contributed by atoms with Crippen molar-refractivity contribution in [3.8, 4) is 11.1 Å². The first-order valence-corrected chi connectivity index (χ1v) is 14.8. The highest BCUT2D eigenvalue weighted by atomic mass is 32.2. The Morgan fingerprint density at radius 1 is 1.13 bits per heavy atom. The van der Waals surface area contributed by atoms with E-state index in [0.717, 1.165) is 36.7 Å². The standard InChI is InChI=1S/C30H38FNO5S/c1-17-22(19-12-14-30(6,7)15-13-19)24(27(28(33)34)37-29(3,4)5)18(2)26-23(17)25-20(10-9-11-21(25)31)16-32(26)38(8,35)36/h9-12,27H,13-16H2,1-8H3,(H,33,34)/t27-/m0/s1. The van der Waals surface area contributed by atoms with Crippen molar-refractivity contribution in [3.05, 3.63) is 57.9 Å². The number of hydrogen-bond donors (Lipinski definition) is 1. The van der Waals surface area contributed by atoms with Crippen molar-refractivity contribution in [1.82, 2.24) is 0 Å². The van der Waals surface area contributed by atoms with E-state index in [2.05, 4.69) is 19.9 Å². The first kappa shape index (κ1) is 28.3. The number of sulfonamides is 1. The number of anilines is 1. The molecule has 2 aliphatic rings. The minimum atomic E-state index is -3.78. The molecule has 0 unspecified atom stereocenters. The maximum atomic E-state index is 15.5. The summed E-state index contributed by atoms with van der Waals surface area (Å²) in [5.74, 6) is -1.59. The number of benzene rings is 2. The molecule has 0 bridgehead atoms. The number of carbonyl (C=O) groups is 1. The molecule has 2 aromatic carbocycles. The number of hydrogen-bond acceptors (Lipinski definition) is 4. The van der Waals surface area contributed by atoms with Gasteiger partial charge in [0.1, 0.15) is 5.82 Å². The van der Waals surface area contributed by atoms with Crippen LogP contribution in [-0.4, -0.2) is 31.4 Å². The number of nitrogens with zero attached hydrogens (tertiary/aromatic N) is 1. The van der Waals surface area contributed by atoms with E-state index in [0.29, 0.717) is 39.1 Å². The maximum Gasteiger partial charge on any atom is 0.337 e. The average molecular weight is 544 g/mol. The number of rotatable bonds is 5. The van der Waals surface area contributed by atoms with Gasteiger partial charge in [-0.3, -0.25) is 4.31 Å². The second-order valence-electron chi connectivity index (χ2n) is 12.4. The molecule has 1 N–H and O–H groups in total. The summed E-state index contributed by atoms with van der Waals surface area (Å²) in [5.41, 5.74) is 4.37. The van der Waals surface area contributed by atoms with Crippen LogP contribution in [-0.2, 0) is 26.1 Å². The van der Waals surface area contributed by atoms with Crippen LogP contribution in [0, 0.1) is 25.1 Å². The fraction of sp³-hybridized carbons (Fsp3) is 0.500. The number of allylic oxidation sites excluding steroid dienone is 2. The van der Waals surface area contributed by atoms with Crippen LogP contribution in [0.1, 0.15) is 87.8 Å². The summed E-state index contributed by atoms with van der Waals surface area (Å²) in [4.78, 5) is 12.7. The average Bonchev–Trinajstić information content (AvgIpc) is 2.78. The lowest BCUT2D eigenvalue weighted by Crippen LogP contribution is -2.35. The molecule has 0 fully saturated rings. The van der Waals surface area contributed by atoms with Crippen LogP contribution in [0.4, 0.5) is 10.1 Å². The Morgan fingerprint density at radius 2 is 1.79 bits per heavy atom. The predicted molar refractivity (Wildman–Crippen MR) is 149 cm³/mol. The van der Waals surface area contributed by atoms with E-state index in [4.69, 9.17) is 4.74 Å². The van der Waals surface area contributed by atoms with E-state index in [-0.39, 0.29) is 12.0 Å². The summed E-state index contributed by atoms with van der Waals surface area (Å²) in [5, 5.41) is 10.4. The van der Waals surface area contributed by atoms with E-state index in [1.54, 1.807) is 39.8 Å². The van der Waals surface area contributed by atoms with Crippen LogP contribution in [0.2, 0.25) is 0 Å². The zero-order valence-corrected chi connectivity index (χ0v) is 24.3. The summed E-state index contributed by atoms with van der Waals surface area (Å²) >= 11 is 0. The first-order valence-electron chi connectivity index (χ1n) is 13.0. The lowest BCUT2D eigenvalue weighted by atomic mass is 9.73. The van der Waals surface area contributed by atoms with Gasteiger partial charge in [0.2, 0.25) is 10.0 Å². The van der Waals surface area contributed by atoms with Crippen molar-refractivity contribution in [3.63, 3.8) is 0 Å². The number of carboxylic acids is 1. The Labute approximate surface area is 225 Å². The number of halogens is 1. The van der Waals surface area contributed by atoms with Crippen molar-refractivity contribution >= 4 is 27.3 Å². The molecule has 1 heterocycles. The molecule has 2 aromatic rings. The number of ether oxygens (including phenoxy) is 1. The topological polar surface area (TPSA) is 83.9 Å². The highest BCUT2D eigenvalue weighted by Crippen LogP contribution is 2.52. The van der Waals surface area contributed by atoms with Gasteiger partial charge in [-0.2, -0.15) is 0 Å². The molecule has 8 heteroatoms. The molecule has 1 aliphatic carbocycles. The molecular weight excluding hydrogens is 505 g/mol. The Kier molecular flexibility index (Phi) is 7.07. The van der Waals surface area contributed by atoms with Crippen molar-refractivity contribution in [2.45, 2.75) is 86.0 Å². The largest absolute Gasteiger partial charge is 0.479 e. The number of aliphatic carboxylic acids is 1. The fourth-order valence-electron chi connectivity index (χ4n) is 5.75. The van der Waals surface area contributed by atoms with Crippen molar-refractivity contribution < 1.29 is 27.4 Å². The van der Waals surface area contributed by atoms with Crippen molar-refractivity contribution in [2.75, 3.05) is 10.6 Å². The van der Waals surface area contributed by atoms with E-state index in [9.17, 15) is 18.3 Å². The van der Waals surface area contributed by atoms with Gasteiger partial charge in [0, 0.05) is 16.7 Å². The van der Waals surface area contributed by atoms with E-state index >= 15 is 4.39 Å². The van der Waals surface area contributed by atoms with Gasteiger partial charge < -0.3 is 9.84 Å². The normalized spacial score (nSPS) is 17.9. The van der Waals surface area contributed by atoms with Gasteiger partial charge in [0.25, 0.3) is 0 Å². The van der Waals surface area contributed by atoms with Gasteiger partial charge in [-0.1, -0.05) is 32.1 Å². The predicted octanol–water partition coefficient (Wildman–Crippen LogP) is 6.92. The van der Waals surface area contributed by atoms with Crippen molar-refractivity contribution in [2.24, 2.45) is 5.41 Å². The lowest BCUT2D eigenvalue weighted by Gasteiger charge is -2.38. The van der Waals surface area contributed by atoms with Crippen LogP contribution < -0.4 is 4.31 Å². The quantitative estimate of drug-likeness (QED) is 0.442. The molecule has 4 rings (SSSR count). The summed E-state index contributed by atoms with van der Waals surface area (Å²) in [6, 6.07) is 4.71. The molecule has 0 aromatic heterocycles. The summed E-state index contributed by atoms with van der Waals surface area (Å²) in [6.45, 7) is 13.3. The Hall–Kier alpha value is -2.71. The lowest BCUT2D eigenvalue weighted by molar-refractivity contribution is -0.160. The second-order valence-corrected chi connectivity index (χ2v) is 14.3. The molecule has 206 valence electrons. The summed E-state index contributed by atoms with van der Waals surface area (Å²) in [6.07, 6.45) is 4.38. The third kappa shape index (κ3) is 5.13. The van der Waals surface area contributed by atoms with Gasteiger partial charge in [0.15, 0.2) is 6.10 Å². The minimum Gasteiger partial charge on any atom is -0.479 e. The van der Waals surface area contributed by atoms with Gasteiger partial charge in [-0.25, -0.2) is 17.6 Å². The second kappa shape index (κ2) is 9.49. The highest BCUT2D eigenvalue weighted by molar-refractivity contribution is 7.92. The first-order chi connectivity index (χ1) is 17.4. The van der Waals surface area contributed by atoms with Gasteiger partial charge in [-0.05, 0) is 93.2 Å². The number of fused-ring (bicyclic) bond motifs is 3. The summed E-state index contributed by atoms with van der Waals surface area (Å²) < 4.78 is 49.0. The SMILES string of the molecule is Cc1c(C2=CCC(C)(C)CC2)c([C@H](OC(C)(C)C)C(=O)O)c(C)c2c1-c1c(F)cccc1CN2S(C)(=O)=O. The van der Waals surface area contributed by atoms with Gasteiger partial charge in [-0.15, -0.1) is 0 Å². The van der Waals surface area contributed by atoms with Crippen LogP contribution in [0.15, 0.2) is 24.3 Å². The zero-order valence-electron chi connectivity index (χ0n) is 23.5. The smallest absolute Gasteiger partial charge is 0.337 e. The molecule has 0 spiro atoms. The molecule has 0 saturated carbocycles. The molecule has 38 heavy (non-hydrogen) atoms. The molecule has 0 radical (unpaired) electrons. The number of carboxylic acid groups (broad SMARTS) is 1. The molecule has 0 saturated heterocycles. The fourth-order valence-corrected chi connectivity index (χ4v) is 6.69. The third-order valence-corrected chi connectivity index (χ3v) is 8.69. The van der Waals surface area contributed by atoms with Crippen LogP contribution in [0.5, 0.6) is 0 Å². The molecule has 1 atom stereocenters. The molecule has 1 aliphatic heterocycles. The zero-order chi connectivity index (χ0) is 28.4.